The molecule has 5 nitrogen and oxygen atoms in total. The Morgan fingerprint density at radius 1 is 1.24 bits per heavy atom. The molecule has 21 heavy (non-hydrogen) atoms. The maximum absolute atomic E-state index is 12.5. The van der Waals surface area contributed by atoms with E-state index in [0.29, 0.717) is 24.3 Å². The number of hydrogen-bond donors (Lipinski definition) is 2. The Balaban J connectivity index is 2.62. The molecule has 0 amide bonds. The van der Waals surface area contributed by atoms with Crippen LogP contribution in [0, 0.1) is 0 Å². The van der Waals surface area contributed by atoms with Gasteiger partial charge in [0.05, 0.1) is 12.8 Å². The fraction of sp³-hybridized carbons (Fsp3) is 0.312. The minimum Gasteiger partial charge on any atom is -0.496 e. The molecule has 0 radical (unpaired) electrons. The van der Waals surface area contributed by atoms with Gasteiger partial charge in [-0.25, -0.2) is 0 Å². The lowest BCUT2D eigenvalue weighted by Gasteiger charge is -2.16. The Morgan fingerprint density at radius 2 is 2.00 bits per heavy atom. The molecule has 1 aromatic carbocycles. The van der Waals surface area contributed by atoms with Crippen molar-refractivity contribution in [3.63, 3.8) is 0 Å². The number of methoxy groups -OCH3 is 1. The maximum atomic E-state index is 12.5. The van der Waals surface area contributed by atoms with Gasteiger partial charge in [0, 0.05) is 30.8 Å². The largest absolute Gasteiger partial charge is 0.496 e. The molecular formula is C16H20N2O3. The number of nitrogens with two attached hydrogens (primary N) is 1. The van der Waals surface area contributed by atoms with Crippen LogP contribution >= 0.6 is 0 Å². The van der Waals surface area contributed by atoms with Gasteiger partial charge in [0.2, 0.25) is 0 Å². The SMILES string of the molecule is COc1ccccc1-c1ccc(CN)c(=O)n1CCCO. The Bertz CT molecular complexity index is 665. The fourth-order valence-corrected chi connectivity index (χ4v) is 2.32. The summed E-state index contributed by atoms with van der Waals surface area (Å²) in [6, 6.07) is 11.2. The van der Waals surface area contributed by atoms with Crippen molar-refractivity contribution in [2.75, 3.05) is 13.7 Å². The molecule has 0 saturated heterocycles. The predicted octanol–water partition coefficient (Wildman–Crippen LogP) is 1.36. The molecule has 1 aromatic heterocycles. The van der Waals surface area contributed by atoms with Crippen molar-refractivity contribution in [2.24, 2.45) is 5.73 Å². The first kappa shape index (κ1) is 15.3. The summed E-state index contributed by atoms with van der Waals surface area (Å²) in [5.74, 6) is 0.704. The van der Waals surface area contributed by atoms with Gasteiger partial charge in [-0.15, -0.1) is 0 Å². The molecule has 0 unspecified atom stereocenters. The Hall–Kier alpha value is -2.11. The van der Waals surface area contributed by atoms with Crippen LogP contribution in [0.4, 0.5) is 0 Å². The molecule has 0 bridgehead atoms. The van der Waals surface area contributed by atoms with E-state index in [-0.39, 0.29) is 18.7 Å². The van der Waals surface area contributed by atoms with Gasteiger partial charge in [0.25, 0.3) is 5.56 Å². The second-order valence-corrected chi connectivity index (χ2v) is 4.68. The topological polar surface area (TPSA) is 77.5 Å². The molecule has 0 spiro atoms. The zero-order valence-corrected chi connectivity index (χ0v) is 12.1. The number of pyridine rings is 1. The number of nitrogens with zero attached hydrogens (tertiary/aromatic N) is 1. The predicted molar refractivity (Wildman–Crippen MR) is 82.3 cm³/mol. The minimum absolute atomic E-state index is 0.0324. The summed E-state index contributed by atoms with van der Waals surface area (Å²) in [7, 11) is 1.60. The molecular weight excluding hydrogens is 268 g/mol. The van der Waals surface area contributed by atoms with E-state index in [2.05, 4.69) is 0 Å². The molecule has 0 saturated carbocycles. The summed E-state index contributed by atoms with van der Waals surface area (Å²) in [4.78, 5) is 12.5. The van der Waals surface area contributed by atoms with Crippen LogP contribution in [0.2, 0.25) is 0 Å². The number of rotatable bonds is 6. The van der Waals surface area contributed by atoms with Crippen LogP contribution in [0.25, 0.3) is 11.3 Å². The van der Waals surface area contributed by atoms with Gasteiger partial charge >= 0.3 is 0 Å². The number of aliphatic hydroxyl groups is 1. The highest BCUT2D eigenvalue weighted by atomic mass is 16.5. The summed E-state index contributed by atoms with van der Waals surface area (Å²) >= 11 is 0. The molecule has 0 atom stereocenters. The molecule has 0 aliphatic heterocycles. The third kappa shape index (κ3) is 3.15. The minimum atomic E-state index is -0.116. The van der Waals surface area contributed by atoms with Gasteiger partial charge in [0.15, 0.2) is 0 Å². The van der Waals surface area contributed by atoms with Gasteiger partial charge in [-0.05, 0) is 24.6 Å². The summed E-state index contributed by atoms with van der Waals surface area (Å²) in [6.45, 7) is 0.672. The zero-order valence-electron chi connectivity index (χ0n) is 12.1. The van der Waals surface area contributed by atoms with Crippen molar-refractivity contribution >= 4 is 0 Å². The number of benzene rings is 1. The first-order chi connectivity index (χ1) is 10.2. The van der Waals surface area contributed by atoms with Crippen LogP contribution in [-0.2, 0) is 13.1 Å². The van der Waals surface area contributed by atoms with Crippen molar-refractivity contribution in [2.45, 2.75) is 19.5 Å². The van der Waals surface area contributed by atoms with Crippen LogP contribution in [0.1, 0.15) is 12.0 Å². The Labute approximate surface area is 123 Å². The normalized spacial score (nSPS) is 10.6. The highest BCUT2D eigenvalue weighted by Crippen LogP contribution is 2.29. The number of ether oxygens (including phenoxy) is 1. The summed E-state index contributed by atoms with van der Waals surface area (Å²) in [6.07, 6.45) is 0.510. The molecule has 2 rings (SSSR count). The van der Waals surface area contributed by atoms with Gasteiger partial charge in [-0.1, -0.05) is 18.2 Å². The summed E-state index contributed by atoms with van der Waals surface area (Å²) < 4.78 is 7.02. The lowest BCUT2D eigenvalue weighted by atomic mass is 10.1. The molecule has 2 aromatic rings. The van der Waals surface area contributed by atoms with E-state index in [1.807, 2.05) is 30.3 Å². The molecule has 0 aliphatic rings. The van der Waals surface area contributed by atoms with E-state index in [1.54, 1.807) is 17.7 Å². The fourth-order valence-electron chi connectivity index (χ4n) is 2.32. The average Bonchev–Trinajstić information content (AvgIpc) is 2.53. The van der Waals surface area contributed by atoms with Crippen molar-refractivity contribution in [3.8, 4) is 17.0 Å². The van der Waals surface area contributed by atoms with Gasteiger partial charge in [-0.2, -0.15) is 0 Å². The number of hydrogen-bond acceptors (Lipinski definition) is 4. The molecule has 1 heterocycles. The van der Waals surface area contributed by atoms with Gasteiger partial charge in [0.1, 0.15) is 5.75 Å². The third-order valence-electron chi connectivity index (χ3n) is 3.40. The molecule has 3 N–H and O–H groups in total. The van der Waals surface area contributed by atoms with E-state index in [4.69, 9.17) is 15.6 Å². The van der Waals surface area contributed by atoms with Gasteiger partial charge < -0.3 is 20.1 Å². The first-order valence-corrected chi connectivity index (χ1v) is 6.90. The summed E-state index contributed by atoms with van der Waals surface area (Å²) in [5, 5.41) is 9.04. The monoisotopic (exact) mass is 288 g/mol. The third-order valence-corrected chi connectivity index (χ3v) is 3.40. The Kier molecular flexibility index (Phi) is 5.14. The molecule has 5 heteroatoms. The van der Waals surface area contributed by atoms with E-state index in [9.17, 15) is 4.79 Å². The van der Waals surface area contributed by atoms with Crippen molar-refractivity contribution < 1.29 is 9.84 Å². The molecule has 0 fully saturated rings. The van der Waals surface area contributed by atoms with Crippen LogP contribution in [-0.4, -0.2) is 23.4 Å². The van der Waals surface area contributed by atoms with E-state index in [0.717, 1.165) is 11.3 Å². The zero-order chi connectivity index (χ0) is 15.2. The van der Waals surface area contributed by atoms with Crippen molar-refractivity contribution in [1.82, 2.24) is 4.57 Å². The molecule has 112 valence electrons. The van der Waals surface area contributed by atoms with Crippen molar-refractivity contribution in [3.05, 3.63) is 52.3 Å². The lowest BCUT2D eigenvalue weighted by Crippen LogP contribution is -2.27. The quantitative estimate of drug-likeness (QED) is 0.841. The molecule has 0 aliphatic carbocycles. The highest BCUT2D eigenvalue weighted by Gasteiger charge is 2.12. The van der Waals surface area contributed by atoms with Crippen LogP contribution in [0.15, 0.2) is 41.2 Å². The first-order valence-electron chi connectivity index (χ1n) is 6.90. The van der Waals surface area contributed by atoms with Gasteiger partial charge in [-0.3, -0.25) is 4.79 Å². The van der Waals surface area contributed by atoms with Crippen LogP contribution < -0.4 is 16.0 Å². The smallest absolute Gasteiger partial charge is 0.255 e. The second kappa shape index (κ2) is 7.06. The average molecular weight is 288 g/mol. The summed E-state index contributed by atoms with van der Waals surface area (Å²) in [5.41, 5.74) is 7.66. The van der Waals surface area contributed by atoms with E-state index < -0.39 is 0 Å². The number of aliphatic hydroxyl groups excluding tert-OH is 1. The van der Waals surface area contributed by atoms with Crippen LogP contribution in [0.5, 0.6) is 5.75 Å². The van der Waals surface area contributed by atoms with Crippen LogP contribution in [0.3, 0.4) is 0 Å². The van der Waals surface area contributed by atoms with Crippen molar-refractivity contribution in [1.29, 1.82) is 0 Å². The highest BCUT2D eigenvalue weighted by molar-refractivity contribution is 5.67. The second-order valence-electron chi connectivity index (χ2n) is 4.68. The van der Waals surface area contributed by atoms with E-state index in [1.165, 1.54) is 0 Å². The maximum Gasteiger partial charge on any atom is 0.255 e. The number of aromatic nitrogens is 1. The number of para-hydroxylation sites is 1. The standard InChI is InChI=1S/C16H20N2O3/c1-21-15-6-3-2-5-13(15)14-8-7-12(11-17)16(20)18(14)9-4-10-19/h2-3,5-8,19H,4,9-11,17H2,1H3. The Morgan fingerprint density at radius 3 is 2.67 bits per heavy atom. The van der Waals surface area contributed by atoms with E-state index >= 15 is 0 Å². The lowest BCUT2D eigenvalue weighted by molar-refractivity contribution is 0.279.